The third-order valence-electron chi connectivity index (χ3n) is 4.99. The highest BCUT2D eigenvalue weighted by atomic mass is 127. The van der Waals surface area contributed by atoms with Gasteiger partial charge in [-0.1, -0.05) is 23.7 Å². The molecule has 1 aromatic rings. The molecule has 2 N–H and O–H groups in total. The molecule has 2 aliphatic rings. The zero-order valence-corrected chi connectivity index (χ0v) is 19.6. The largest absolute Gasteiger partial charge is 0.356 e. The SMILES string of the molecule is CN=C(NCCCC(=O)NC1CC1)N1CCN(Cc2cccc(Cl)c2)CC1.I. The Kier molecular flexibility index (Phi) is 9.81. The Balaban J connectivity index is 0.00000280. The molecular weight excluding hydrogens is 489 g/mol. The van der Waals surface area contributed by atoms with Gasteiger partial charge in [0.05, 0.1) is 0 Å². The summed E-state index contributed by atoms with van der Waals surface area (Å²) in [6.45, 7) is 5.59. The van der Waals surface area contributed by atoms with Gasteiger partial charge in [-0.05, 0) is 37.0 Å². The van der Waals surface area contributed by atoms with Gasteiger partial charge in [-0.15, -0.1) is 24.0 Å². The quantitative estimate of drug-likeness (QED) is 0.252. The first-order chi connectivity index (χ1) is 13.1. The fourth-order valence-electron chi connectivity index (χ4n) is 3.32. The Morgan fingerprint density at radius 1 is 1.25 bits per heavy atom. The number of carbonyl (C=O) groups excluding carboxylic acids is 1. The fraction of sp³-hybridized carbons (Fsp3) is 0.600. The second kappa shape index (κ2) is 11.8. The van der Waals surface area contributed by atoms with Crippen molar-refractivity contribution in [1.29, 1.82) is 0 Å². The van der Waals surface area contributed by atoms with E-state index in [-0.39, 0.29) is 29.9 Å². The molecule has 1 aromatic carbocycles. The molecule has 1 saturated heterocycles. The lowest BCUT2D eigenvalue weighted by Gasteiger charge is -2.36. The molecule has 1 heterocycles. The smallest absolute Gasteiger partial charge is 0.220 e. The summed E-state index contributed by atoms with van der Waals surface area (Å²) in [6.07, 6.45) is 3.68. The van der Waals surface area contributed by atoms with E-state index in [1.807, 2.05) is 25.2 Å². The molecular formula is C20H31ClIN5O. The number of piperazine rings is 1. The maximum Gasteiger partial charge on any atom is 0.220 e. The number of rotatable bonds is 7. The molecule has 0 spiro atoms. The van der Waals surface area contributed by atoms with Crippen molar-refractivity contribution in [1.82, 2.24) is 20.4 Å². The first kappa shape index (κ1) is 23.2. The summed E-state index contributed by atoms with van der Waals surface area (Å²) in [5.41, 5.74) is 1.25. The number of hydrogen-bond acceptors (Lipinski definition) is 3. The third kappa shape index (κ3) is 7.75. The summed E-state index contributed by atoms with van der Waals surface area (Å²) in [5.74, 6) is 1.10. The number of nitrogens with one attached hydrogen (secondary N) is 2. The zero-order chi connectivity index (χ0) is 19.1. The van der Waals surface area contributed by atoms with Crippen LogP contribution in [0.15, 0.2) is 29.3 Å². The van der Waals surface area contributed by atoms with E-state index in [9.17, 15) is 4.79 Å². The van der Waals surface area contributed by atoms with Crippen LogP contribution in [0.4, 0.5) is 0 Å². The highest BCUT2D eigenvalue weighted by Crippen LogP contribution is 2.18. The lowest BCUT2D eigenvalue weighted by Crippen LogP contribution is -2.52. The van der Waals surface area contributed by atoms with Crippen LogP contribution >= 0.6 is 35.6 Å². The Hall–Kier alpha value is -1.06. The molecule has 2 fully saturated rings. The van der Waals surface area contributed by atoms with Crippen molar-refractivity contribution in [2.45, 2.75) is 38.3 Å². The van der Waals surface area contributed by atoms with Gasteiger partial charge in [0, 0.05) is 63.8 Å². The maximum absolute atomic E-state index is 11.7. The van der Waals surface area contributed by atoms with E-state index in [0.717, 1.165) is 69.5 Å². The van der Waals surface area contributed by atoms with Crippen LogP contribution in [-0.4, -0.2) is 67.5 Å². The molecule has 8 heteroatoms. The van der Waals surface area contributed by atoms with Crippen molar-refractivity contribution in [3.8, 4) is 0 Å². The van der Waals surface area contributed by atoms with Crippen molar-refractivity contribution in [2.75, 3.05) is 39.8 Å². The fourth-order valence-corrected chi connectivity index (χ4v) is 3.53. The summed E-state index contributed by atoms with van der Waals surface area (Å²) in [5, 5.41) is 7.21. The normalized spacial score (nSPS) is 17.8. The van der Waals surface area contributed by atoms with E-state index >= 15 is 0 Å². The molecule has 28 heavy (non-hydrogen) atoms. The highest BCUT2D eigenvalue weighted by molar-refractivity contribution is 14.0. The minimum Gasteiger partial charge on any atom is -0.356 e. The van der Waals surface area contributed by atoms with Gasteiger partial charge in [0.1, 0.15) is 0 Å². The molecule has 1 aliphatic heterocycles. The summed E-state index contributed by atoms with van der Waals surface area (Å²) >= 11 is 6.08. The Labute approximate surface area is 190 Å². The van der Waals surface area contributed by atoms with Crippen molar-refractivity contribution in [3.63, 3.8) is 0 Å². The van der Waals surface area contributed by atoms with E-state index < -0.39 is 0 Å². The van der Waals surface area contributed by atoms with Crippen molar-refractivity contribution in [2.24, 2.45) is 4.99 Å². The van der Waals surface area contributed by atoms with E-state index in [1.54, 1.807) is 0 Å². The van der Waals surface area contributed by atoms with Crippen LogP contribution in [0.1, 0.15) is 31.2 Å². The maximum atomic E-state index is 11.7. The van der Waals surface area contributed by atoms with Gasteiger partial charge in [-0.3, -0.25) is 14.7 Å². The van der Waals surface area contributed by atoms with Gasteiger partial charge < -0.3 is 15.5 Å². The predicted octanol–water partition coefficient (Wildman–Crippen LogP) is 2.71. The van der Waals surface area contributed by atoms with Crippen LogP contribution in [0, 0.1) is 0 Å². The molecule has 0 bridgehead atoms. The number of hydrogen-bond donors (Lipinski definition) is 2. The third-order valence-corrected chi connectivity index (χ3v) is 5.22. The number of halogens is 2. The molecule has 0 radical (unpaired) electrons. The van der Waals surface area contributed by atoms with Gasteiger partial charge in [0.2, 0.25) is 5.91 Å². The zero-order valence-electron chi connectivity index (χ0n) is 16.5. The van der Waals surface area contributed by atoms with Crippen LogP contribution < -0.4 is 10.6 Å². The molecule has 156 valence electrons. The van der Waals surface area contributed by atoms with Crippen molar-refractivity contribution < 1.29 is 4.79 Å². The van der Waals surface area contributed by atoms with Crippen LogP contribution in [0.5, 0.6) is 0 Å². The highest BCUT2D eigenvalue weighted by Gasteiger charge is 2.23. The lowest BCUT2D eigenvalue weighted by molar-refractivity contribution is -0.121. The van der Waals surface area contributed by atoms with Gasteiger partial charge in [-0.25, -0.2) is 0 Å². The van der Waals surface area contributed by atoms with Gasteiger partial charge in [-0.2, -0.15) is 0 Å². The predicted molar refractivity (Wildman–Crippen MR) is 125 cm³/mol. The molecule has 1 aliphatic carbocycles. The molecule has 0 aromatic heterocycles. The van der Waals surface area contributed by atoms with Gasteiger partial charge in [0.25, 0.3) is 0 Å². The monoisotopic (exact) mass is 519 g/mol. The van der Waals surface area contributed by atoms with Crippen LogP contribution in [-0.2, 0) is 11.3 Å². The molecule has 1 saturated carbocycles. The minimum absolute atomic E-state index is 0. The van der Waals surface area contributed by atoms with E-state index in [2.05, 4.69) is 31.5 Å². The number of amides is 1. The Morgan fingerprint density at radius 2 is 2.00 bits per heavy atom. The standard InChI is InChI=1S/C20H30ClN5O.HI/c1-22-20(23-9-3-6-19(27)24-18-7-8-18)26-12-10-25(11-13-26)15-16-4-2-5-17(21)14-16;/h2,4-5,14,18H,3,6-13,15H2,1H3,(H,22,23)(H,24,27);1H. The average Bonchev–Trinajstić information content (AvgIpc) is 3.47. The van der Waals surface area contributed by atoms with Gasteiger partial charge in [0.15, 0.2) is 5.96 Å². The van der Waals surface area contributed by atoms with E-state index in [0.29, 0.717) is 12.5 Å². The van der Waals surface area contributed by atoms with E-state index in [4.69, 9.17) is 11.6 Å². The molecule has 6 nitrogen and oxygen atoms in total. The van der Waals surface area contributed by atoms with Crippen LogP contribution in [0.2, 0.25) is 5.02 Å². The average molecular weight is 520 g/mol. The topological polar surface area (TPSA) is 60.0 Å². The van der Waals surface area contributed by atoms with Crippen LogP contribution in [0.3, 0.4) is 0 Å². The summed E-state index contributed by atoms with van der Waals surface area (Å²) < 4.78 is 0. The second-order valence-corrected chi connectivity index (χ2v) is 7.75. The molecule has 0 atom stereocenters. The summed E-state index contributed by atoms with van der Waals surface area (Å²) in [7, 11) is 1.82. The van der Waals surface area contributed by atoms with Gasteiger partial charge >= 0.3 is 0 Å². The first-order valence-electron chi connectivity index (χ1n) is 9.86. The lowest BCUT2D eigenvalue weighted by atomic mass is 10.2. The van der Waals surface area contributed by atoms with Crippen LogP contribution in [0.25, 0.3) is 0 Å². The molecule has 1 amide bonds. The number of benzene rings is 1. The first-order valence-corrected chi connectivity index (χ1v) is 10.2. The Morgan fingerprint density at radius 3 is 2.64 bits per heavy atom. The number of aliphatic imine (C=N–C) groups is 1. The Bertz CT molecular complexity index is 660. The van der Waals surface area contributed by atoms with E-state index in [1.165, 1.54) is 5.56 Å². The number of guanidine groups is 1. The van der Waals surface area contributed by atoms with Crippen molar-refractivity contribution in [3.05, 3.63) is 34.9 Å². The number of carbonyl (C=O) groups is 1. The second-order valence-electron chi connectivity index (χ2n) is 7.31. The minimum atomic E-state index is 0. The molecule has 3 rings (SSSR count). The molecule has 0 unspecified atom stereocenters. The number of nitrogens with zero attached hydrogens (tertiary/aromatic N) is 3. The summed E-state index contributed by atoms with van der Waals surface area (Å²) in [6, 6.07) is 8.52. The van der Waals surface area contributed by atoms with Crippen molar-refractivity contribution >= 4 is 47.4 Å². The summed E-state index contributed by atoms with van der Waals surface area (Å²) in [4.78, 5) is 20.9.